The van der Waals surface area contributed by atoms with Gasteiger partial charge in [0.25, 0.3) is 0 Å². The van der Waals surface area contributed by atoms with Crippen LogP contribution < -0.4 is 0 Å². The third kappa shape index (κ3) is 6.81. The number of hydrogen-bond donors (Lipinski definition) is 0. The summed E-state index contributed by atoms with van der Waals surface area (Å²) in [6.07, 6.45) is 7.13. The van der Waals surface area contributed by atoms with Gasteiger partial charge in [-0.3, -0.25) is 0 Å². The summed E-state index contributed by atoms with van der Waals surface area (Å²) in [5.74, 6) is -9.27. The summed E-state index contributed by atoms with van der Waals surface area (Å²) in [5, 5.41) is 0. The highest BCUT2D eigenvalue weighted by atomic mass is 28.4. The molecule has 162 valence electrons. The summed E-state index contributed by atoms with van der Waals surface area (Å²) >= 11 is 0. The second-order valence-electron chi connectivity index (χ2n) is 7.05. The van der Waals surface area contributed by atoms with E-state index < -0.39 is 43.2 Å². The molecule has 0 N–H and O–H groups in total. The Bertz CT molecular complexity index is 571. The van der Waals surface area contributed by atoms with Gasteiger partial charge in [0.05, 0.1) is 0 Å². The van der Waals surface area contributed by atoms with Crippen molar-refractivity contribution in [2.24, 2.45) is 0 Å². The van der Waals surface area contributed by atoms with E-state index in [9.17, 15) is 22.0 Å². The van der Waals surface area contributed by atoms with E-state index in [1.54, 1.807) is 14.2 Å². The smallest absolute Gasteiger partial charge is 0.337 e. The van der Waals surface area contributed by atoms with Crippen LogP contribution in [0.3, 0.4) is 0 Å². The van der Waals surface area contributed by atoms with Gasteiger partial charge in [0.2, 0.25) is 5.82 Å². The van der Waals surface area contributed by atoms with Crippen molar-refractivity contribution in [1.29, 1.82) is 0 Å². The van der Waals surface area contributed by atoms with E-state index in [0.29, 0.717) is 12.8 Å². The fraction of sp³-hybridized carbons (Fsp3) is 0.700. The van der Waals surface area contributed by atoms with E-state index in [2.05, 4.69) is 6.92 Å². The highest BCUT2D eigenvalue weighted by Gasteiger charge is 2.32. The zero-order chi connectivity index (χ0) is 21.2. The lowest BCUT2D eigenvalue weighted by atomic mass is 10.0. The molecule has 0 atom stereocenters. The molecule has 0 aliphatic rings. The predicted molar refractivity (Wildman–Crippen MR) is 102 cm³/mol. The first-order valence-corrected chi connectivity index (χ1v) is 12.2. The molecule has 0 radical (unpaired) electrons. The van der Waals surface area contributed by atoms with Crippen molar-refractivity contribution in [1.82, 2.24) is 0 Å². The quantitative estimate of drug-likeness (QED) is 0.107. The van der Waals surface area contributed by atoms with Gasteiger partial charge >= 0.3 is 8.56 Å². The van der Waals surface area contributed by atoms with Gasteiger partial charge in [-0.1, -0.05) is 51.9 Å². The van der Waals surface area contributed by atoms with E-state index in [4.69, 9.17) is 8.85 Å². The molecule has 0 aliphatic carbocycles. The topological polar surface area (TPSA) is 18.5 Å². The van der Waals surface area contributed by atoms with Crippen molar-refractivity contribution >= 4 is 8.56 Å². The van der Waals surface area contributed by atoms with Crippen molar-refractivity contribution in [3.63, 3.8) is 0 Å². The number of hydrogen-bond acceptors (Lipinski definition) is 2. The maximum absolute atomic E-state index is 13.6. The molecule has 0 aromatic heterocycles. The van der Waals surface area contributed by atoms with Crippen molar-refractivity contribution in [3.05, 3.63) is 34.6 Å². The lowest BCUT2D eigenvalue weighted by Gasteiger charge is -2.25. The summed E-state index contributed by atoms with van der Waals surface area (Å²) in [5.41, 5.74) is -0.712. The van der Waals surface area contributed by atoms with Gasteiger partial charge in [-0.25, -0.2) is 22.0 Å². The molecule has 8 heteroatoms. The summed E-state index contributed by atoms with van der Waals surface area (Å²) in [6, 6.07) is 1.92. The second kappa shape index (κ2) is 12.5. The number of halogens is 5. The van der Waals surface area contributed by atoms with Crippen LogP contribution in [0.25, 0.3) is 0 Å². The third-order valence-corrected chi connectivity index (χ3v) is 9.00. The molecule has 1 aromatic carbocycles. The van der Waals surface area contributed by atoms with Crippen molar-refractivity contribution in [2.45, 2.75) is 76.8 Å². The molecule has 0 bridgehead atoms. The standard InChI is InChI=1S/C20H31F5O2Si/c1-4-28(26-2,27-3)14-12-10-8-6-5-7-9-11-13-15-16(21)18(23)20(25)19(24)17(15)22/h4-14H2,1-3H3. The molecule has 0 amide bonds. The molecule has 0 spiro atoms. The van der Waals surface area contributed by atoms with E-state index in [0.717, 1.165) is 50.6 Å². The Morgan fingerprint density at radius 1 is 0.607 bits per heavy atom. The summed E-state index contributed by atoms with van der Waals surface area (Å²) in [7, 11) is 1.43. The molecule has 2 nitrogen and oxygen atoms in total. The molecule has 0 fully saturated rings. The first kappa shape index (κ1) is 25.0. The van der Waals surface area contributed by atoms with Gasteiger partial charge < -0.3 is 8.85 Å². The first-order valence-electron chi connectivity index (χ1n) is 9.94. The lowest BCUT2D eigenvalue weighted by molar-refractivity contribution is 0.241. The number of benzene rings is 1. The van der Waals surface area contributed by atoms with Gasteiger partial charge in [0.15, 0.2) is 23.3 Å². The highest BCUT2D eigenvalue weighted by molar-refractivity contribution is 6.67. The minimum Gasteiger partial charge on any atom is -0.398 e. The minimum atomic E-state index is -2.10. The largest absolute Gasteiger partial charge is 0.398 e. The van der Waals surface area contributed by atoms with Crippen LogP contribution in [0.1, 0.15) is 63.9 Å². The van der Waals surface area contributed by atoms with Gasteiger partial charge in [-0.15, -0.1) is 0 Å². The average molecular weight is 427 g/mol. The Hall–Kier alpha value is -0.993. The van der Waals surface area contributed by atoms with Crippen LogP contribution in [-0.2, 0) is 15.3 Å². The molecular weight excluding hydrogens is 395 g/mol. The van der Waals surface area contributed by atoms with Crippen LogP contribution >= 0.6 is 0 Å². The molecule has 1 rings (SSSR count). The highest BCUT2D eigenvalue weighted by Crippen LogP contribution is 2.25. The molecule has 0 heterocycles. The van der Waals surface area contributed by atoms with E-state index >= 15 is 0 Å². The van der Waals surface area contributed by atoms with E-state index in [1.165, 1.54) is 0 Å². The Morgan fingerprint density at radius 2 is 1.00 bits per heavy atom. The van der Waals surface area contributed by atoms with Crippen LogP contribution in [0.4, 0.5) is 22.0 Å². The van der Waals surface area contributed by atoms with E-state index in [-0.39, 0.29) is 6.42 Å². The van der Waals surface area contributed by atoms with Crippen molar-refractivity contribution in [2.75, 3.05) is 14.2 Å². The molecule has 0 saturated heterocycles. The Labute approximate surface area is 165 Å². The number of rotatable bonds is 14. The molecular formula is C20H31F5O2Si. The Kier molecular flexibility index (Phi) is 11.2. The van der Waals surface area contributed by atoms with Gasteiger partial charge in [0.1, 0.15) is 0 Å². The summed E-state index contributed by atoms with van der Waals surface area (Å²) < 4.78 is 77.6. The SMILES string of the molecule is CC[Si](CCCCCCCCCCc1c(F)c(F)c(F)c(F)c1F)(OC)OC. The van der Waals surface area contributed by atoms with Crippen LogP contribution in [0.2, 0.25) is 12.1 Å². The monoisotopic (exact) mass is 426 g/mol. The maximum Gasteiger partial charge on any atom is 0.337 e. The molecule has 1 aromatic rings. The van der Waals surface area contributed by atoms with Crippen LogP contribution in [0.5, 0.6) is 0 Å². The van der Waals surface area contributed by atoms with Gasteiger partial charge in [-0.2, -0.15) is 0 Å². The van der Waals surface area contributed by atoms with Crippen LogP contribution in [0.15, 0.2) is 0 Å². The fourth-order valence-corrected chi connectivity index (χ4v) is 5.67. The van der Waals surface area contributed by atoms with Crippen LogP contribution in [-0.4, -0.2) is 22.8 Å². The normalized spacial score (nSPS) is 12.0. The van der Waals surface area contributed by atoms with Gasteiger partial charge in [0, 0.05) is 19.8 Å². The first-order chi connectivity index (χ1) is 13.3. The zero-order valence-electron chi connectivity index (χ0n) is 17.0. The number of unbranched alkanes of at least 4 members (excludes halogenated alkanes) is 7. The summed E-state index contributed by atoms with van der Waals surface area (Å²) in [6.45, 7) is 2.09. The molecule has 28 heavy (non-hydrogen) atoms. The fourth-order valence-electron chi connectivity index (χ4n) is 3.38. The van der Waals surface area contributed by atoms with Crippen molar-refractivity contribution in [3.8, 4) is 0 Å². The molecule has 0 saturated carbocycles. The molecule has 0 unspecified atom stereocenters. The minimum absolute atomic E-state index is 0.149. The van der Waals surface area contributed by atoms with Gasteiger partial charge in [-0.05, 0) is 24.9 Å². The zero-order valence-corrected chi connectivity index (χ0v) is 18.0. The Balaban J connectivity index is 2.20. The predicted octanol–water partition coefficient (Wildman–Crippen LogP) is 6.80. The maximum atomic E-state index is 13.6. The van der Waals surface area contributed by atoms with Crippen molar-refractivity contribution < 1.29 is 30.8 Å². The molecule has 0 aliphatic heterocycles. The summed E-state index contributed by atoms with van der Waals surface area (Å²) in [4.78, 5) is 0. The Morgan fingerprint density at radius 3 is 1.43 bits per heavy atom. The van der Waals surface area contributed by atoms with Crippen LogP contribution in [0, 0.1) is 29.1 Å². The third-order valence-electron chi connectivity index (χ3n) is 5.32. The second-order valence-corrected chi connectivity index (χ2v) is 10.9. The van der Waals surface area contributed by atoms with E-state index in [1.807, 2.05) is 0 Å². The lowest BCUT2D eigenvalue weighted by Crippen LogP contribution is -2.38. The average Bonchev–Trinajstić information content (AvgIpc) is 2.72.